The molecular formula is C15H16N2O2. The first-order valence-corrected chi connectivity index (χ1v) is 6.04. The van der Waals surface area contributed by atoms with E-state index in [-0.39, 0.29) is 17.0 Å². The molecule has 2 aromatic rings. The van der Waals surface area contributed by atoms with Crippen LogP contribution < -0.4 is 5.56 Å². The fourth-order valence-corrected chi connectivity index (χ4v) is 1.89. The number of carbonyl (C=O) groups excluding carboxylic acids is 1. The van der Waals surface area contributed by atoms with Crippen molar-refractivity contribution in [3.05, 3.63) is 70.1 Å². The molecule has 0 aliphatic rings. The Morgan fingerprint density at radius 2 is 1.84 bits per heavy atom. The number of amides is 1. The van der Waals surface area contributed by atoms with E-state index in [4.69, 9.17) is 0 Å². The molecule has 0 N–H and O–H groups in total. The second kappa shape index (κ2) is 5.52. The number of nitrogens with zero attached hydrogens (tertiary/aromatic N) is 2. The molecule has 19 heavy (non-hydrogen) atoms. The summed E-state index contributed by atoms with van der Waals surface area (Å²) in [4.78, 5) is 25.7. The summed E-state index contributed by atoms with van der Waals surface area (Å²) in [5.74, 6) is -0.259. The van der Waals surface area contributed by atoms with Crippen LogP contribution in [-0.2, 0) is 13.6 Å². The van der Waals surface area contributed by atoms with Crippen molar-refractivity contribution in [2.24, 2.45) is 7.05 Å². The van der Waals surface area contributed by atoms with Gasteiger partial charge in [0.25, 0.3) is 11.5 Å². The normalized spacial score (nSPS) is 10.2. The highest BCUT2D eigenvalue weighted by Crippen LogP contribution is 2.05. The van der Waals surface area contributed by atoms with Gasteiger partial charge in [-0.15, -0.1) is 0 Å². The Morgan fingerprint density at radius 1 is 1.16 bits per heavy atom. The summed E-state index contributed by atoms with van der Waals surface area (Å²) >= 11 is 0. The molecule has 0 radical (unpaired) electrons. The monoisotopic (exact) mass is 256 g/mol. The van der Waals surface area contributed by atoms with Gasteiger partial charge < -0.3 is 9.47 Å². The molecule has 4 heteroatoms. The number of rotatable bonds is 3. The average molecular weight is 256 g/mol. The van der Waals surface area contributed by atoms with Crippen LogP contribution in [0.4, 0.5) is 0 Å². The third kappa shape index (κ3) is 2.91. The Balaban J connectivity index is 2.20. The smallest absolute Gasteiger partial charge is 0.263 e. The minimum Gasteiger partial charge on any atom is -0.337 e. The fourth-order valence-electron chi connectivity index (χ4n) is 1.89. The van der Waals surface area contributed by atoms with Gasteiger partial charge in [-0.1, -0.05) is 30.3 Å². The van der Waals surface area contributed by atoms with E-state index in [1.807, 2.05) is 30.3 Å². The second-order valence-corrected chi connectivity index (χ2v) is 4.48. The van der Waals surface area contributed by atoms with Gasteiger partial charge in [-0.3, -0.25) is 9.59 Å². The van der Waals surface area contributed by atoms with Crippen molar-refractivity contribution in [3.8, 4) is 0 Å². The lowest BCUT2D eigenvalue weighted by Gasteiger charge is -2.17. The maximum Gasteiger partial charge on any atom is 0.263 e. The molecular weight excluding hydrogens is 240 g/mol. The van der Waals surface area contributed by atoms with Crippen molar-refractivity contribution in [2.75, 3.05) is 7.05 Å². The second-order valence-electron chi connectivity index (χ2n) is 4.48. The third-order valence-electron chi connectivity index (χ3n) is 2.96. The highest BCUT2D eigenvalue weighted by Gasteiger charge is 2.15. The maximum absolute atomic E-state index is 12.2. The Hall–Kier alpha value is -2.36. The Morgan fingerprint density at radius 3 is 2.53 bits per heavy atom. The number of pyridine rings is 1. The topological polar surface area (TPSA) is 42.3 Å². The van der Waals surface area contributed by atoms with Gasteiger partial charge in [-0.2, -0.15) is 0 Å². The molecule has 0 atom stereocenters. The molecule has 0 bridgehead atoms. The van der Waals surface area contributed by atoms with Crippen LogP contribution in [0.2, 0.25) is 0 Å². The summed E-state index contributed by atoms with van der Waals surface area (Å²) in [7, 11) is 3.33. The number of benzene rings is 1. The summed E-state index contributed by atoms with van der Waals surface area (Å²) < 4.78 is 1.41. The summed E-state index contributed by atoms with van der Waals surface area (Å²) in [6, 6.07) is 12.9. The largest absolute Gasteiger partial charge is 0.337 e. The van der Waals surface area contributed by atoms with Crippen LogP contribution in [0, 0.1) is 0 Å². The summed E-state index contributed by atoms with van der Waals surface area (Å²) in [6.07, 6.45) is 1.64. The van der Waals surface area contributed by atoms with Crippen molar-refractivity contribution >= 4 is 5.91 Å². The molecule has 0 saturated carbocycles. The first-order chi connectivity index (χ1) is 9.09. The minimum atomic E-state index is -0.271. The quantitative estimate of drug-likeness (QED) is 0.838. The van der Waals surface area contributed by atoms with Crippen LogP contribution in [-0.4, -0.2) is 22.4 Å². The van der Waals surface area contributed by atoms with E-state index in [2.05, 4.69) is 0 Å². The van der Waals surface area contributed by atoms with Gasteiger partial charge in [-0.05, 0) is 17.7 Å². The number of hydrogen-bond donors (Lipinski definition) is 0. The molecule has 0 unspecified atom stereocenters. The highest BCUT2D eigenvalue weighted by molar-refractivity contribution is 5.93. The minimum absolute atomic E-state index is 0.198. The standard InChI is InChI=1S/C15H16N2O2/c1-16-10-6-9-13(14(16)18)15(19)17(2)11-12-7-4-3-5-8-12/h3-10H,11H2,1-2H3. The number of aryl methyl sites for hydroxylation is 1. The lowest BCUT2D eigenvalue weighted by molar-refractivity contribution is 0.0782. The predicted molar refractivity (Wildman–Crippen MR) is 73.9 cm³/mol. The van der Waals surface area contributed by atoms with Crippen LogP contribution in [0.3, 0.4) is 0 Å². The molecule has 2 rings (SSSR count). The van der Waals surface area contributed by atoms with E-state index < -0.39 is 0 Å². The average Bonchev–Trinajstić information content (AvgIpc) is 2.42. The molecule has 0 saturated heterocycles. The number of aromatic nitrogens is 1. The van der Waals surface area contributed by atoms with Crippen LogP contribution in [0.5, 0.6) is 0 Å². The summed E-state index contributed by atoms with van der Waals surface area (Å²) in [5, 5.41) is 0. The third-order valence-corrected chi connectivity index (χ3v) is 2.96. The van der Waals surface area contributed by atoms with Gasteiger partial charge in [0.2, 0.25) is 0 Å². The van der Waals surface area contributed by atoms with Crippen LogP contribution in [0.15, 0.2) is 53.5 Å². The van der Waals surface area contributed by atoms with E-state index in [1.54, 1.807) is 37.3 Å². The lowest BCUT2D eigenvalue weighted by atomic mass is 10.2. The zero-order valence-corrected chi connectivity index (χ0v) is 11.0. The van der Waals surface area contributed by atoms with Crippen molar-refractivity contribution in [2.45, 2.75) is 6.54 Å². The van der Waals surface area contributed by atoms with Crippen molar-refractivity contribution in [1.82, 2.24) is 9.47 Å². The van der Waals surface area contributed by atoms with Gasteiger partial charge >= 0.3 is 0 Å². The zero-order valence-electron chi connectivity index (χ0n) is 11.0. The van der Waals surface area contributed by atoms with E-state index in [0.717, 1.165) is 5.56 Å². The summed E-state index contributed by atoms with van der Waals surface area (Å²) in [5.41, 5.74) is 0.960. The molecule has 0 aliphatic carbocycles. The predicted octanol–water partition coefficient (Wildman–Crippen LogP) is 1.66. The Kier molecular flexibility index (Phi) is 3.80. The lowest BCUT2D eigenvalue weighted by Crippen LogP contribution is -2.33. The van der Waals surface area contributed by atoms with Gasteiger partial charge in [0, 0.05) is 26.8 Å². The molecule has 1 aromatic carbocycles. The molecule has 1 heterocycles. The van der Waals surface area contributed by atoms with E-state index in [9.17, 15) is 9.59 Å². The zero-order chi connectivity index (χ0) is 13.8. The number of hydrogen-bond acceptors (Lipinski definition) is 2. The van der Waals surface area contributed by atoms with Gasteiger partial charge in [0.05, 0.1) is 0 Å². The molecule has 0 fully saturated rings. The fraction of sp³-hybridized carbons (Fsp3) is 0.200. The maximum atomic E-state index is 12.2. The SMILES string of the molecule is CN(Cc1ccccc1)C(=O)c1cccn(C)c1=O. The van der Waals surface area contributed by atoms with Crippen molar-refractivity contribution < 1.29 is 4.79 Å². The van der Waals surface area contributed by atoms with E-state index in [0.29, 0.717) is 6.54 Å². The van der Waals surface area contributed by atoms with Crippen LogP contribution in [0.1, 0.15) is 15.9 Å². The van der Waals surface area contributed by atoms with Gasteiger partial charge in [0.15, 0.2) is 0 Å². The molecule has 98 valence electrons. The molecule has 0 aliphatic heterocycles. The Bertz CT molecular complexity index is 632. The molecule has 4 nitrogen and oxygen atoms in total. The highest BCUT2D eigenvalue weighted by atomic mass is 16.2. The van der Waals surface area contributed by atoms with Gasteiger partial charge in [0.1, 0.15) is 5.56 Å². The van der Waals surface area contributed by atoms with Crippen LogP contribution in [0.25, 0.3) is 0 Å². The van der Waals surface area contributed by atoms with E-state index >= 15 is 0 Å². The van der Waals surface area contributed by atoms with Crippen molar-refractivity contribution in [1.29, 1.82) is 0 Å². The molecule has 1 amide bonds. The Labute approximate surface area is 111 Å². The number of carbonyl (C=O) groups is 1. The van der Waals surface area contributed by atoms with Gasteiger partial charge in [-0.25, -0.2) is 0 Å². The van der Waals surface area contributed by atoms with Crippen molar-refractivity contribution in [3.63, 3.8) is 0 Å². The first kappa shape index (κ1) is 13.1. The molecule has 1 aromatic heterocycles. The first-order valence-electron chi connectivity index (χ1n) is 6.04. The molecule has 0 spiro atoms. The summed E-state index contributed by atoms with van der Waals surface area (Å²) in [6.45, 7) is 0.484. The van der Waals surface area contributed by atoms with Crippen LogP contribution >= 0.6 is 0 Å². The van der Waals surface area contributed by atoms with E-state index in [1.165, 1.54) is 4.57 Å².